The monoisotopic (exact) mass is 140 g/mol. The minimum Gasteiger partial charge on any atom is -0.363 e. The molecule has 1 heterocycles. The van der Waals surface area contributed by atoms with Crippen molar-refractivity contribution >= 4 is 12.2 Å². The molecular formula is C6H8N2O2. The van der Waals surface area contributed by atoms with Gasteiger partial charge in [0.2, 0.25) is 5.91 Å². The molecule has 54 valence electrons. The van der Waals surface area contributed by atoms with Crippen LogP contribution in [0.5, 0.6) is 0 Å². The Hall–Kier alpha value is -1.32. The van der Waals surface area contributed by atoms with Crippen LogP contribution < -0.4 is 10.6 Å². The molecule has 4 nitrogen and oxygen atoms in total. The normalized spacial score (nSPS) is 24.3. The Kier molecular flexibility index (Phi) is 1.71. The standard InChI is InChI=1S/C6H8N2O2/c1-4-7-5(3-9)2-6(10)8-4/h2-4,7H,1H3,(H,8,10). The maximum atomic E-state index is 10.7. The smallest absolute Gasteiger partial charge is 0.247 e. The summed E-state index contributed by atoms with van der Waals surface area (Å²) in [6.07, 6.45) is 1.69. The lowest BCUT2D eigenvalue weighted by atomic mass is 10.3. The van der Waals surface area contributed by atoms with Gasteiger partial charge in [0.25, 0.3) is 0 Å². The van der Waals surface area contributed by atoms with E-state index in [4.69, 9.17) is 0 Å². The van der Waals surface area contributed by atoms with Gasteiger partial charge in [-0.2, -0.15) is 0 Å². The van der Waals surface area contributed by atoms with Gasteiger partial charge in [-0.25, -0.2) is 0 Å². The van der Waals surface area contributed by atoms with Gasteiger partial charge in [-0.1, -0.05) is 0 Å². The van der Waals surface area contributed by atoms with E-state index in [9.17, 15) is 9.59 Å². The molecule has 10 heavy (non-hydrogen) atoms. The molecule has 4 heteroatoms. The molecule has 0 aliphatic carbocycles. The van der Waals surface area contributed by atoms with E-state index in [0.717, 1.165) is 0 Å². The number of hydrogen-bond acceptors (Lipinski definition) is 3. The quantitative estimate of drug-likeness (QED) is 0.466. The van der Waals surface area contributed by atoms with Crippen molar-refractivity contribution < 1.29 is 9.59 Å². The van der Waals surface area contributed by atoms with E-state index in [-0.39, 0.29) is 12.1 Å². The van der Waals surface area contributed by atoms with E-state index in [1.165, 1.54) is 6.08 Å². The van der Waals surface area contributed by atoms with Gasteiger partial charge in [0, 0.05) is 6.08 Å². The lowest BCUT2D eigenvalue weighted by molar-refractivity contribution is -0.118. The fourth-order valence-electron chi connectivity index (χ4n) is 0.792. The van der Waals surface area contributed by atoms with E-state index < -0.39 is 0 Å². The Labute approximate surface area is 58.3 Å². The summed E-state index contributed by atoms with van der Waals surface area (Å²) in [5.41, 5.74) is 0.330. The van der Waals surface area contributed by atoms with Crippen molar-refractivity contribution in [3.63, 3.8) is 0 Å². The van der Waals surface area contributed by atoms with E-state index in [1.54, 1.807) is 6.92 Å². The third kappa shape index (κ3) is 1.34. The van der Waals surface area contributed by atoms with Gasteiger partial charge in [0.05, 0.1) is 11.9 Å². The molecule has 1 atom stereocenters. The highest BCUT2D eigenvalue weighted by Crippen LogP contribution is 1.92. The molecule has 0 aromatic rings. The third-order valence-corrected chi connectivity index (χ3v) is 1.16. The Morgan fingerprint density at radius 3 is 2.80 bits per heavy atom. The molecule has 1 rings (SSSR count). The van der Waals surface area contributed by atoms with Crippen LogP contribution in [0.3, 0.4) is 0 Å². The molecule has 0 saturated carbocycles. The number of carbonyl (C=O) groups is 2. The largest absolute Gasteiger partial charge is 0.363 e. The number of rotatable bonds is 1. The summed E-state index contributed by atoms with van der Waals surface area (Å²) in [5.74, 6) is -0.228. The first-order chi connectivity index (χ1) is 4.72. The number of allylic oxidation sites excluding steroid dienone is 1. The van der Waals surface area contributed by atoms with E-state index in [2.05, 4.69) is 10.6 Å². The summed E-state index contributed by atoms with van der Waals surface area (Å²) in [7, 11) is 0. The van der Waals surface area contributed by atoms with Gasteiger partial charge in [0.1, 0.15) is 0 Å². The Morgan fingerprint density at radius 2 is 2.30 bits per heavy atom. The predicted molar refractivity (Wildman–Crippen MR) is 34.9 cm³/mol. The molecule has 1 amide bonds. The summed E-state index contributed by atoms with van der Waals surface area (Å²) >= 11 is 0. The first-order valence-electron chi connectivity index (χ1n) is 2.96. The minimum absolute atomic E-state index is 0.155. The summed E-state index contributed by atoms with van der Waals surface area (Å²) in [6, 6.07) is 0. The van der Waals surface area contributed by atoms with Crippen LogP contribution in [0, 0.1) is 0 Å². The molecule has 0 aromatic carbocycles. The zero-order valence-electron chi connectivity index (χ0n) is 5.55. The van der Waals surface area contributed by atoms with Gasteiger partial charge in [-0.05, 0) is 6.92 Å². The van der Waals surface area contributed by atoms with E-state index >= 15 is 0 Å². The van der Waals surface area contributed by atoms with Crippen molar-refractivity contribution in [1.82, 2.24) is 10.6 Å². The molecule has 0 saturated heterocycles. The van der Waals surface area contributed by atoms with Crippen LogP contribution in [-0.4, -0.2) is 18.4 Å². The summed E-state index contributed by atoms with van der Waals surface area (Å²) < 4.78 is 0. The predicted octanol–water partition coefficient (Wildman–Crippen LogP) is -0.865. The molecule has 1 unspecified atom stereocenters. The van der Waals surface area contributed by atoms with Crippen molar-refractivity contribution in [2.75, 3.05) is 0 Å². The van der Waals surface area contributed by atoms with Crippen LogP contribution in [0.4, 0.5) is 0 Å². The highest BCUT2D eigenvalue weighted by molar-refractivity contribution is 5.94. The topological polar surface area (TPSA) is 58.2 Å². The van der Waals surface area contributed by atoms with E-state index in [0.29, 0.717) is 12.0 Å². The first-order valence-corrected chi connectivity index (χ1v) is 2.96. The van der Waals surface area contributed by atoms with Gasteiger partial charge in [0.15, 0.2) is 6.29 Å². The van der Waals surface area contributed by atoms with Crippen molar-refractivity contribution in [3.8, 4) is 0 Å². The van der Waals surface area contributed by atoms with Gasteiger partial charge in [-0.15, -0.1) is 0 Å². The van der Waals surface area contributed by atoms with Crippen LogP contribution in [0.25, 0.3) is 0 Å². The van der Waals surface area contributed by atoms with E-state index in [1.807, 2.05) is 0 Å². The summed E-state index contributed by atoms with van der Waals surface area (Å²) in [5, 5.41) is 5.32. The number of hydrogen-bond donors (Lipinski definition) is 2. The molecular weight excluding hydrogens is 132 g/mol. The van der Waals surface area contributed by atoms with Crippen LogP contribution in [0.15, 0.2) is 11.8 Å². The molecule has 0 bridgehead atoms. The second-order valence-corrected chi connectivity index (χ2v) is 2.09. The Bertz CT molecular complexity index is 198. The number of amides is 1. The molecule has 0 fully saturated rings. The maximum Gasteiger partial charge on any atom is 0.247 e. The Morgan fingerprint density at radius 1 is 1.60 bits per heavy atom. The SMILES string of the molecule is CC1NC(=O)C=C(C=O)N1. The zero-order valence-corrected chi connectivity index (χ0v) is 5.55. The number of carbonyl (C=O) groups excluding carboxylic acids is 2. The molecule has 0 spiro atoms. The van der Waals surface area contributed by atoms with Crippen molar-refractivity contribution in [2.45, 2.75) is 13.1 Å². The number of aldehydes is 1. The van der Waals surface area contributed by atoms with Crippen LogP contribution in [-0.2, 0) is 9.59 Å². The third-order valence-electron chi connectivity index (χ3n) is 1.16. The average molecular weight is 140 g/mol. The maximum absolute atomic E-state index is 10.7. The summed E-state index contributed by atoms with van der Waals surface area (Å²) in [4.78, 5) is 20.8. The molecule has 1 aliphatic heterocycles. The van der Waals surface area contributed by atoms with Crippen molar-refractivity contribution in [1.29, 1.82) is 0 Å². The fourth-order valence-corrected chi connectivity index (χ4v) is 0.792. The average Bonchev–Trinajstić information content (AvgIpc) is 1.85. The second kappa shape index (κ2) is 2.51. The van der Waals surface area contributed by atoms with Crippen molar-refractivity contribution in [3.05, 3.63) is 11.8 Å². The highest BCUT2D eigenvalue weighted by atomic mass is 16.2. The highest BCUT2D eigenvalue weighted by Gasteiger charge is 2.12. The molecule has 0 radical (unpaired) electrons. The van der Waals surface area contributed by atoms with Crippen LogP contribution in [0.2, 0.25) is 0 Å². The van der Waals surface area contributed by atoms with Crippen LogP contribution >= 0.6 is 0 Å². The molecule has 0 aromatic heterocycles. The first kappa shape index (κ1) is 6.80. The zero-order chi connectivity index (χ0) is 7.56. The lowest BCUT2D eigenvalue weighted by Crippen LogP contribution is -2.46. The molecule has 1 aliphatic rings. The number of nitrogens with one attached hydrogen (secondary N) is 2. The van der Waals surface area contributed by atoms with Gasteiger partial charge >= 0.3 is 0 Å². The van der Waals surface area contributed by atoms with Gasteiger partial charge < -0.3 is 10.6 Å². The summed E-state index contributed by atoms with van der Waals surface area (Å²) in [6.45, 7) is 1.76. The van der Waals surface area contributed by atoms with Crippen LogP contribution in [0.1, 0.15) is 6.92 Å². The molecule has 2 N–H and O–H groups in total. The Balaban J connectivity index is 2.74. The van der Waals surface area contributed by atoms with Crippen molar-refractivity contribution in [2.24, 2.45) is 0 Å². The van der Waals surface area contributed by atoms with Gasteiger partial charge in [-0.3, -0.25) is 9.59 Å². The second-order valence-electron chi connectivity index (χ2n) is 2.09. The minimum atomic E-state index is -0.228. The fraction of sp³-hybridized carbons (Fsp3) is 0.333. The lowest BCUT2D eigenvalue weighted by Gasteiger charge is -2.19.